The van der Waals surface area contributed by atoms with E-state index in [0.29, 0.717) is 5.82 Å². The molecule has 0 spiro atoms. The minimum Gasteiger partial charge on any atom is -0.457 e. The molecule has 6 nitrogen and oxygen atoms in total. The first kappa shape index (κ1) is 19.9. The number of nitrogens with two attached hydrogens (primary N) is 1. The Bertz CT molecular complexity index is 1160. The zero-order valence-corrected chi connectivity index (χ0v) is 17.8. The molecule has 0 bridgehead atoms. The molecule has 0 saturated carbocycles. The van der Waals surface area contributed by atoms with E-state index in [0.717, 1.165) is 45.8 Å². The van der Waals surface area contributed by atoms with Crippen LogP contribution in [-0.4, -0.2) is 33.5 Å². The summed E-state index contributed by atoms with van der Waals surface area (Å²) < 4.78 is 8.30. The Morgan fingerprint density at radius 2 is 1.77 bits per heavy atom. The topological polar surface area (TPSA) is 69.2 Å². The van der Waals surface area contributed by atoms with Crippen molar-refractivity contribution in [3.05, 3.63) is 66.6 Å². The van der Waals surface area contributed by atoms with Gasteiger partial charge in [0, 0.05) is 29.9 Å². The average Bonchev–Trinajstić information content (AvgIpc) is 3.11. The van der Waals surface area contributed by atoms with Gasteiger partial charge in [-0.3, -0.25) is 0 Å². The van der Waals surface area contributed by atoms with Crippen LogP contribution in [0.25, 0.3) is 22.2 Å². The van der Waals surface area contributed by atoms with Crippen LogP contribution in [0, 0.1) is 0 Å². The third kappa shape index (κ3) is 3.86. The molecule has 154 valence electrons. The van der Waals surface area contributed by atoms with Crippen molar-refractivity contribution >= 4 is 16.9 Å². The van der Waals surface area contributed by atoms with E-state index in [1.54, 1.807) is 0 Å². The van der Waals surface area contributed by atoms with Gasteiger partial charge in [-0.2, -0.15) is 0 Å². The quantitative estimate of drug-likeness (QED) is 0.486. The summed E-state index contributed by atoms with van der Waals surface area (Å²) >= 11 is 0. The molecule has 2 heterocycles. The fourth-order valence-electron chi connectivity index (χ4n) is 3.63. The van der Waals surface area contributed by atoms with Gasteiger partial charge in [0.2, 0.25) is 0 Å². The van der Waals surface area contributed by atoms with Gasteiger partial charge >= 0.3 is 0 Å². The van der Waals surface area contributed by atoms with E-state index in [4.69, 9.17) is 10.5 Å². The molecule has 6 heteroatoms. The molecular formula is C24H27N5O. The number of hydrogen-bond acceptors (Lipinski definition) is 5. The second kappa shape index (κ2) is 8.16. The molecule has 0 aliphatic heterocycles. The second-order valence-corrected chi connectivity index (χ2v) is 7.97. The summed E-state index contributed by atoms with van der Waals surface area (Å²) in [5.74, 6) is 2.15. The standard InChI is InChI=1S/C24H27N5O/c1-16(2)29-14-20(22-23(25)26-15-27-24(22)29)17-9-11-19(12-10-17)30-21-8-6-5-7-18(21)13-28(3)4/h5-12,14-16H,13H2,1-4H3,(H2,25,26,27). The second-order valence-electron chi connectivity index (χ2n) is 7.97. The number of ether oxygens (including phenoxy) is 1. The molecule has 2 N–H and O–H groups in total. The third-order valence-corrected chi connectivity index (χ3v) is 5.05. The van der Waals surface area contributed by atoms with Crippen molar-refractivity contribution in [2.75, 3.05) is 19.8 Å². The average molecular weight is 402 g/mol. The summed E-state index contributed by atoms with van der Waals surface area (Å²) in [5.41, 5.74) is 10.3. The summed E-state index contributed by atoms with van der Waals surface area (Å²) in [6, 6.07) is 16.5. The van der Waals surface area contributed by atoms with Crippen LogP contribution in [0.15, 0.2) is 61.1 Å². The smallest absolute Gasteiger partial charge is 0.146 e. The van der Waals surface area contributed by atoms with E-state index in [1.165, 1.54) is 6.33 Å². The van der Waals surface area contributed by atoms with Crippen molar-refractivity contribution < 1.29 is 4.74 Å². The molecule has 0 aliphatic carbocycles. The van der Waals surface area contributed by atoms with E-state index >= 15 is 0 Å². The number of anilines is 1. The van der Waals surface area contributed by atoms with Crippen molar-refractivity contribution in [3.8, 4) is 22.6 Å². The minimum atomic E-state index is 0.270. The van der Waals surface area contributed by atoms with Gasteiger partial charge in [-0.15, -0.1) is 0 Å². The highest BCUT2D eigenvalue weighted by Crippen LogP contribution is 2.35. The first-order valence-electron chi connectivity index (χ1n) is 10.1. The lowest BCUT2D eigenvalue weighted by atomic mass is 10.1. The molecule has 30 heavy (non-hydrogen) atoms. The molecule has 0 amide bonds. The molecular weight excluding hydrogens is 374 g/mol. The first-order chi connectivity index (χ1) is 14.4. The fourth-order valence-corrected chi connectivity index (χ4v) is 3.63. The number of hydrogen-bond donors (Lipinski definition) is 1. The van der Waals surface area contributed by atoms with Gasteiger partial charge in [0.25, 0.3) is 0 Å². The van der Waals surface area contributed by atoms with E-state index in [2.05, 4.69) is 71.8 Å². The number of benzene rings is 2. The van der Waals surface area contributed by atoms with Crippen molar-refractivity contribution in [2.45, 2.75) is 26.4 Å². The minimum absolute atomic E-state index is 0.270. The lowest BCUT2D eigenvalue weighted by Crippen LogP contribution is -2.11. The van der Waals surface area contributed by atoms with E-state index in [-0.39, 0.29) is 6.04 Å². The van der Waals surface area contributed by atoms with Gasteiger partial charge in [0.1, 0.15) is 29.3 Å². The highest BCUT2D eigenvalue weighted by atomic mass is 16.5. The van der Waals surface area contributed by atoms with Crippen LogP contribution in [0.1, 0.15) is 25.5 Å². The molecule has 0 unspecified atom stereocenters. The van der Waals surface area contributed by atoms with Crippen molar-refractivity contribution in [2.24, 2.45) is 0 Å². The molecule has 4 aromatic rings. The molecule has 4 rings (SSSR count). The number of nitrogens with zero attached hydrogens (tertiary/aromatic N) is 4. The number of para-hydroxylation sites is 1. The number of nitrogen functional groups attached to an aromatic ring is 1. The van der Waals surface area contributed by atoms with Gasteiger partial charge in [-0.05, 0) is 51.7 Å². The van der Waals surface area contributed by atoms with E-state index in [9.17, 15) is 0 Å². The number of rotatable bonds is 6. The number of aromatic nitrogens is 3. The van der Waals surface area contributed by atoms with Gasteiger partial charge in [-0.1, -0.05) is 30.3 Å². The van der Waals surface area contributed by atoms with Gasteiger partial charge in [0.15, 0.2) is 0 Å². The molecule has 0 saturated heterocycles. The fraction of sp³-hybridized carbons (Fsp3) is 0.250. The van der Waals surface area contributed by atoms with Gasteiger partial charge in [-0.25, -0.2) is 9.97 Å². The van der Waals surface area contributed by atoms with Crippen LogP contribution in [-0.2, 0) is 6.54 Å². The Kier molecular flexibility index (Phi) is 5.42. The van der Waals surface area contributed by atoms with Crippen LogP contribution in [0.4, 0.5) is 5.82 Å². The van der Waals surface area contributed by atoms with E-state index < -0.39 is 0 Å². The van der Waals surface area contributed by atoms with Crippen LogP contribution in [0.3, 0.4) is 0 Å². The monoisotopic (exact) mass is 401 g/mol. The number of fused-ring (bicyclic) bond motifs is 1. The molecule has 2 aromatic heterocycles. The molecule has 0 atom stereocenters. The van der Waals surface area contributed by atoms with Gasteiger partial charge in [0.05, 0.1) is 5.39 Å². The maximum absolute atomic E-state index is 6.20. The first-order valence-corrected chi connectivity index (χ1v) is 10.1. The van der Waals surface area contributed by atoms with Crippen molar-refractivity contribution in [1.82, 2.24) is 19.4 Å². The Hall–Kier alpha value is -3.38. The predicted octanol–water partition coefficient (Wildman–Crippen LogP) is 5.12. The normalized spacial score (nSPS) is 11.5. The van der Waals surface area contributed by atoms with Crippen molar-refractivity contribution in [1.29, 1.82) is 0 Å². The Morgan fingerprint density at radius 1 is 1.03 bits per heavy atom. The summed E-state index contributed by atoms with van der Waals surface area (Å²) in [7, 11) is 4.10. The maximum Gasteiger partial charge on any atom is 0.146 e. The molecule has 0 radical (unpaired) electrons. The third-order valence-electron chi connectivity index (χ3n) is 5.05. The predicted molar refractivity (Wildman–Crippen MR) is 122 cm³/mol. The Labute approximate surface area is 176 Å². The summed E-state index contributed by atoms with van der Waals surface area (Å²) in [4.78, 5) is 10.8. The SMILES string of the molecule is CC(C)n1cc(-c2ccc(Oc3ccccc3CN(C)C)cc2)c2c(N)ncnc21. The van der Waals surface area contributed by atoms with Crippen molar-refractivity contribution in [3.63, 3.8) is 0 Å². The van der Waals surface area contributed by atoms with Gasteiger partial charge < -0.3 is 19.9 Å². The molecule has 0 fully saturated rings. The Morgan fingerprint density at radius 3 is 2.47 bits per heavy atom. The van der Waals surface area contributed by atoms with Crippen LogP contribution >= 0.6 is 0 Å². The lowest BCUT2D eigenvalue weighted by molar-refractivity contribution is 0.388. The highest BCUT2D eigenvalue weighted by molar-refractivity contribution is 6.00. The van der Waals surface area contributed by atoms with Crippen LogP contribution in [0.5, 0.6) is 11.5 Å². The van der Waals surface area contributed by atoms with E-state index in [1.807, 2.05) is 30.3 Å². The zero-order valence-electron chi connectivity index (χ0n) is 17.8. The maximum atomic E-state index is 6.20. The summed E-state index contributed by atoms with van der Waals surface area (Å²) in [6.07, 6.45) is 3.62. The zero-order chi connectivity index (χ0) is 21.3. The Balaban J connectivity index is 1.67. The summed E-state index contributed by atoms with van der Waals surface area (Å²) in [5, 5.41) is 0.885. The summed E-state index contributed by atoms with van der Waals surface area (Å²) in [6.45, 7) is 5.08. The van der Waals surface area contributed by atoms with Crippen LogP contribution < -0.4 is 10.5 Å². The highest BCUT2D eigenvalue weighted by Gasteiger charge is 2.16. The molecule has 2 aromatic carbocycles. The van der Waals surface area contributed by atoms with Crippen LogP contribution in [0.2, 0.25) is 0 Å². The lowest BCUT2D eigenvalue weighted by Gasteiger charge is -2.15. The largest absolute Gasteiger partial charge is 0.457 e. The molecule has 0 aliphatic rings.